The van der Waals surface area contributed by atoms with E-state index in [0.29, 0.717) is 56.2 Å². The molecule has 0 saturated carbocycles. The Morgan fingerprint density at radius 1 is 0.762 bits per heavy atom. The Hall–Kier alpha value is -6.59. The van der Waals surface area contributed by atoms with Crippen LogP contribution in [-0.4, -0.2) is 153 Å². The molecule has 0 radical (unpaired) electrons. The fraction of sp³-hybridized carbons (Fsp3) is 0.413. The summed E-state index contributed by atoms with van der Waals surface area (Å²) in [5.74, 6) is 1.06. The van der Waals surface area contributed by atoms with Crippen LogP contribution >= 0.6 is 0 Å². The van der Waals surface area contributed by atoms with Crippen LogP contribution in [0.15, 0.2) is 79.1 Å². The van der Waals surface area contributed by atoms with Gasteiger partial charge in [0.1, 0.15) is 35.4 Å². The minimum Gasteiger partial charge on any atom is -0.457 e. The van der Waals surface area contributed by atoms with Crippen molar-refractivity contribution < 1.29 is 23.9 Å². The average Bonchev–Trinajstić information content (AvgIpc) is 3.87. The molecule has 17 heteroatoms. The van der Waals surface area contributed by atoms with E-state index in [4.69, 9.17) is 15.6 Å². The van der Waals surface area contributed by atoms with E-state index in [1.165, 1.54) is 6.33 Å². The number of nitrogens with zero attached hydrogens (tertiary/aromatic N) is 10. The number of carbonyl (C=O) groups excluding carboxylic acids is 4. The first-order valence-electron chi connectivity index (χ1n) is 22.1. The van der Waals surface area contributed by atoms with Crippen molar-refractivity contribution in [2.75, 3.05) is 89.2 Å². The molecule has 1 atom stereocenters. The van der Waals surface area contributed by atoms with Crippen molar-refractivity contribution in [2.24, 2.45) is 0 Å². The number of para-hydroxylation sites is 1. The van der Waals surface area contributed by atoms with Crippen LogP contribution in [0.1, 0.15) is 47.6 Å². The Morgan fingerprint density at radius 2 is 1.44 bits per heavy atom. The summed E-state index contributed by atoms with van der Waals surface area (Å²) in [6, 6.07) is 23.0. The topological polar surface area (TPSA) is 179 Å². The number of piperazine rings is 2. The highest BCUT2D eigenvalue weighted by Gasteiger charge is 2.39. The Balaban J connectivity index is 0.675. The van der Waals surface area contributed by atoms with Crippen molar-refractivity contribution in [3.05, 3.63) is 90.3 Å². The molecule has 10 rings (SSSR count). The number of fused-ring (bicyclic) bond motifs is 2. The van der Waals surface area contributed by atoms with E-state index >= 15 is 0 Å². The molecular weight excluding hydrogens is 801 g/mol. The summed E-state index contributed by atoms with van der Waals surface area (Å²) in [5, 5.41) is 8.17. The number of anilines is 2. The smallest absolute Gasteiger partial charge is 0.320 e. The molecular formula is C46H52N12O5. The lowest BCUT2D eigenvalue weighted by molar-refractivity contribution is -0.136. The molecule has 0 spiro atoms. The van der Waals surface area contributed by atoms with Crippen molar-refractivity contribution >= 4 is 46.3 Å². The lowest BCUT2D eigenvalue weighted by Gasteiger charge is -2.41. The largest absolute Gasteiger partial charge is 0.457 e. The molecule has 3 aromatic carbocycles. The number of ether oxygens (including phenoxy) is 1. The van der Waals surface area contributed by atoms with Gasteiger partial charge in [-0.05, 0) is 79.4 Å². The number of carbonyl (C=O) groups is 4. The summed E-state index contributed by atoms with van der Waals surface area (Å²) in [6.07, 6.45) is 3.61. The Bertz CT molecular complexity index is 2510. The average molecular weight is 853 g/mol. The maximum absolute atomic E-state index is 13.7. The van der Waals surface area contributed by atoms with E-state index in [2.05, 4.69) is 36.1 Å². The second kappa shape index (κ2) is 17.3. The zero-order valence-electron chi connectivity index (χ0n) is 35.3. The Labute approximate surface area is 365 Å². The van der Waals surface area contributed by atoms with E-state index in [0.717, 1.165) is 105 Å². The number of urea groups is 1. The summed E-state index contributed by atoms with van der Waals surface area (Å²) < 4.78 is 7.98. The highest BCUT2D eigenvalue weighted by molar-refractivity contribution is 6.05. The molecule has 5 aliphatic rings. The monoisotopic (exact) mass is 852 g/mol. The van der Waals surface area contributed by atoms with E-state index in [1.54, 1.807) is 4.90 Å². The highest BCUT2D eigenvalue weighted by Crippen LogP contribution is 2.36. The van der Waals surface area contributed by atoms with Gasteiger partial charge in [-0.15, -0.1) is 0 Å². The van der Waals surface area contributed by atoms with Crippen molar-refractivity contribution in [3.8, 4) is 22.8 Å². The number of aromatic nitrogens is 4. The summed E-state index contributed by atoms with van der Waals surface area (Å²) in [6.45, 7) is 10.4. The van der Waals surface area contributed by atoms with Crippen LogP contribution in [-0.2, 0) is 16.1 Å². The third kappa shape index (κ3) is 8.25. The number of piperidine rings is 2. The second-order valence-electron chi connectivity index (χ2n) is 17.1. The number of hydrogen-bond donors (Lipinski definition) is 2. The maximum atomic E-state index is 13.7. The molecule has 63 heavy (non-hydrogen) atoms. The van der Waals surface area contributed by atoms with Crippen LogP contribution in [0, 0.1) is 0 Å². The number of imide groups is 1. The summed E-state index contributed by atoms with van der Waals surface area (Å²) in [4.78, 5) is 72.8. The standard InChI is InChI=1S/C46H52N12O5/c47-42-40-41(31-6-9-36(10-7-31)63-35-4-2-1-3-5-35)51-58(43(40)49-30-48-42)33-14-16-55(17-15-33)46(62)56-26-22-53(23-27-56)19-18-52-20-24-54(25-21-52)34-8-11-37-32(28-34)29-57(45(37)61)38-12-13-39(59)50-44(38)60/h1-11,28,30,33,38H,12-27,29H2,(H2,47,48,49)(H,50,59,60). The molecule has 4 fully saturated rings. The molecule has 0 aliphatic carbocycles. The lowest BCUT2D eigenvalue weighted by Crippen LogP contribution is -2.55. The van der Waals surface area contributed by atoms with Crippen molar-refractivity contribution in [2.45, 2.75) is 44.3 Å². The number of hydrogen-bond acceptors (Lipinski definition) is 12. The van der Waals surface area contributed by atoms with Gasteiger partial charge in [0.05, 0.1) is 11.4 Å². The van der Waals surface area contributed by atoms with Crippen molar-refractivity contribution in [1.29, 1.82) is 0 Å². The van der Waals surface area contributed by atoms with Crippen molar-refractivity contribution in [3.63, 3.8) is 0 Å². The van der Waals surface area contributed by atoms with Crippen molar-refractivity contribution in [1.82, 2.24) is 49.6 Å². The normalized spacial score (nSPS) is 20.4. The number of benzene rings is 3. The summed E-state index contributed by atoms with van der Waals surface area (Å²) in [5.41, 5.74) is 11.4. The Morgan fingerprint density at radius 3 is 2.16 bits per heavy atom. The van der Waals surface area contributed by atoms with Crippen LogP contribution in [0.5, 0.6) is 11.5 Å². The van der Waals surface area contributed by atoms with Crippen LogP contribution in [0.4, 0.5) is 16.3 Å². The molecule has 5 amide bonds. The maximum Gasteiger partial charge on any atom is 0.320 e. The second-order valence-corrected chi connectivity index (χ2v) is 17.1. The number of likely N-dealkylation sites (tertiary alicyclic amines) is 1. The number of nitrogen functional groups attached to an aromatic ring is 1. The van der Waals surface area contributed by atoms with Gasteiger partial charge in [-0.25, -0.2) is 19.4 Å². The zero-order valence-corrected chi connectivity index (χ0v) is 35.3. The number of nitrogens with two attached hydrogens (primary N) is 1. The molecule has 17 nitrogen and oxygen atoms in total. The predicted molar refractivity (Wildman–Crippen MR) is 236 cm³/mol. The zero-order chi connectivity index (χ0) is 43.0. The van der Waals surface area contributed by atoms with Gasteiger partial charge in [0, 0.05) is 108 Å². The molecule has 1 unspecified atom stereocenters. The van der Waals surface area contributed by atoms with Gasteiger partial charge in [0.15, 0.2) is 5.65 Å². The number of nitrogens with one attached hydrogen (secondary N) is 1. The fourth-order valence-corrected chi connectivity index (χ4v) is 9.69. The summed E-state index contributed by atoms with van der Waals surface area (Å²) in [7, 11) is 0. The first-order chi connectivity index (χ1) is 30.8. The molecule has 5 aliphatic heterocycles. The van der Waals surface area contributed by atoms with Crippen LogP contribution in [0.3, 0.4) is 0 Å². The van der Waals surface area contributed by atoms with Crippen LogP contribution in [0.2, 0.25) is 0 Å². The number of amides is 5. The molecule has 5 aromatic rings. The highest BCUT2D eigenvalue weighted by atomic mass is 16.5. The van der Waals surface area contributed by atoms with E-state index < -0.39 is 6.04 Å². The quantitative estimate of drug-likeness (QED) is 0.205. The van der Waals surface area contributed by atoms with Gasteiger partial charge < -0.3 is 30.1 Å². The summed E-state index contributed by atoms with van der Waals surface area (Å²) >= 11 is 0. The van der Waals surface area contributed by atoms with E-state index in [1.807, 2.05) is 81.2 Å². The van der Waals surface area contributed by atoms with Gasteiger partial charge in [-0.3, -0.25) is 29.5 Å². The third-order valence-electron chi connectivity index (χ3n) is 13.3. The van der Waals surface area contributed by atoms with E-state index in [-0.39, 0.29) is 36.2 Å². The number of rotatable bonds is 9. The van der Waals surface area contributed by atoms with Crippen LogP contribution < -0.4 is 20.7 Å². The minimum absolute atomic E-state index is 0.0657. The fourth-order valence-electron chi connectivity index (χ4n) is 9.69. The van der Waals surface area contributed by atoms with Gasteiger partial charge in [-0.2, -0.15) is 5.10 Å². The minimum atomic E-state index is -0.609. The first-order valence-corrected chi connectivity index (χ1v) is 22.1. The molecule has 3 N–H and O–H groups in total. The van der Waals surface area contributed by atoms with Gasteiger partial charge in [0.25, 0.3) is 5.91 Å². The van der Waals surface area contributed by atoms with Gasteiger partial charge >= 0.3 is 6.03 Å². The molecule has 0 bridgehead atoms. The van der Waals surface area contributed by atoms with Gasteiger partial charge in [0.2, 0.25) is 11.8 Å². The molecule has 4 saturated heterocycles. The van der Waals surface area contributed by atoms with Gasteiger partial charge in [-0.1, -0.05) is 18.2 Å². The third-order valence-corrected chi connectivity index (χ3v) is 13.3. The van der Waals surface area contributed by atoms with Crippen LogP contribution in [0.25, 0.3) is 22.3 Å². The Kier molecular flexibility index (Phi) is 11.1. The molecule has 326 valence electrons. The molecule has 7 heterocycles. The lowest BCUT2D eigenvalue weighted by atomic mass is 10.0. The SMILES string of the molecule is Nc1ncnc2c1c(-c1ccc(Oc3ccccc3)cc1)nn2C1CCN(C(=O)N2CCN(CCN3CCN(c4ccc5c(c4)CN(C4CCC(=O)NC4=O)C5=O)CC3)CC2)CC1. The predicted octanol–water partition coefficient (Wildman–Crippen LogP) is 3.83. The molecule has 2 aromatic heterocycles. The first kappa shape index (κ1) is 40.5. The van der Waals surface area contributed by atoms with E-state index in [9.17, 15) is 19.2 Å².